The van der Waals surface area contributed by atoms with E-state index in [0.717, 1.165) is 25.7 Å². The van der Waals surface area contributed by atoms with Gasteiger partial charge in [0.25, 0.3) is 0 Å². The summed E-state index contributed by atoms with van der Waals surface area (Å²) in [7, 11) is 0. The van der Waals surface area contributed by atoms with Crippen molar-refractivity contribution in [3.05, 3.63) is 12.2 Å². The Hall–Kier alpha value is -0.590. The van der Waals surface area contributed by atoms with Crippen molar-refractivity contribution in [1.82, 2.24) is 0 Å². The summed E-state index contributed by atoms with van der Waals surface area (Å²) in [4.78, 5) is 11.8. The van der Waals surface area contributed by atoms with E-state index in [4.69, 9.17) is 0 Å². The number of carbonyl (C=O) groups is 1. The zero-order chi connectivity index (χ0) is 8.60. The molecule has 1 nitrogen and oxygen atoms in total. The Morgan fingerprint density at radius 3 is 3.00 bits per heavy atom. The van der Waals surface area contributed by atoms with Gasteiger partial charge >= 0.3 is 0 Å². The van der Waals surface area contributed by atoms with Crippen LogP contribution in [0.1, 0.15) is 39.0 Å². The van der Waals surface area contributed by atoms with Crippen LogP contribution in [0, 0.1) is 11.3 Å². The molecule has 0 aliphatic heterocycles. The van der Waals surface area contributed by atoms with E-state index in [-0.39, 0.29) is 5.41 Å². The van der Waals surface area contributed by atoms with Crippen molar-refractivity contribution in [1.29, 1.82) is 0 Å². The molecular formula is C11H16O. The van der Waals surface area contributed by atoms with Gasteiger partial charge in [-0.3, -0.25) is 4.79 Å². The van der Waals surface area contributed by atoms with Gasteiger partial charge in [0.05, 0.1) is 0 Å². The highest BCUT2D eigenvalue weighted by molar-refractivity contribution is 5.88. The predicted molar refractivity (Wildman–Crippen MR) is 48.8 cm³/mol. The molecule has 1 saturated carbocycles. The SMILES string of the molecule is CC1CCCC(=O)C12C=CCC2. The van der Waals surface area contributed by atoms with E-state index >= 15 is 0 Å². The summed E-state index contributed by atoms with van der Waals surface area (Å²) < 4.78 is 0. The monoisotopic (exact) mass is 164 g/mol. The van der Waals surface area contributed by atoms with Crippen molar-refractivity contribution in [2.45, 2.75) is 39.0 Å². The van der Waals surface area contributed by atoms with Gasteiger partial charge in [-0.15, -0.1) is 0 Å². The second-order valence-corrected chi connectivity index (χ2v) is 4.20. The van der Waals surface area contributed by atoms with Crippen LogP contribution in [0.2, 0.25) is 0 Å². The largest absolute Gasteiger partial charge is 0.299 e. The molecule has 66 valence electrons. The third kappa shape index (κ3) is 0.954. The third-order valence-corrected chi connectivity index (χ3v) is 3.58. The van der Waals surface area contributed by atoms with E-state index in [2.05, 4.69) is 19.1 Å². The fourth-order valence-electron chi connectivity index (χ4n) is 2.68. The number of carbonyl (C=O) groups excluding carboxylic acids is 1. The van der Waals surface area contributed by atoms with Gasteiger partial charge in [-0.25, -0.2) is 0 Å². The number of hydrogen-bond acceptors (Lipinski definition) is 1. The van der Waals surface area contributed by atoms with Crippen LogP contribution in [0.5, 0.6) is 0 Å². The van der Waals surface area contributed by atoms with Crippen molar-refractivity contribution in [3.63, 3.8) is 0 Å². The molecule has 0 aromatic carbocycles. The van der Waals surface area contributed by atoms with Crippen molar-refractivity contribution in [2.75, 3.05) is 0 Å². The van der Waals surface area contributed by atoms with Crippen LogP contribution in [0.4, 0.5) is 0 Å². The Kier molecular flexibility index (Phi) is 1.82. The smallest absolute Gasteiger partial charge is 0.143 e. The molecule has 2 atom stereocenters. The van der Waals surface area contributed by atoms with Crippen LogP contribution >= 0.6 is 0 Å². The number of Topliss-reactive ketones (excluding diaryl/α,β-unsaturated/α-hetero) is 1. The highest BCUT2D eigenvalue weighted by Crippen LogP contribution is 2.46. The molecule has 0 saturated heterocycles. The number of hydrogen-bond donors (Lipinski definition) is 0. The molecule has 2 aliphatic rings. The van der Waals surface area contributed by atoms with Gasteiger partial charge in [0.15, 0.2) is 0 Å². The highest BCUT2D eigenvalue weighted by Gasteiger charge is 2.43. The summed E-state index contributed by atoms with van der Waals surface area (Å²) >= 11 is 0. The second-order valence-electron chi connectivity index (χ2n) is 4.20. The molecule has 0 amide bonds. The first kappa shape index (κ1) is 8.03. The lowest BCUT2D eigenvalue weighted by Crippen LogP contribution is -2.37. The van der Waals surface area contributed by atoms with E-state index in [1.807, 2.05) is 0 Å². The van der Waals surface area contributed by atoms with Crippen molar-refractivity contribution >= 4 is 5.78 Å². The third-order valence-electron chi connectivity index (χ3n) is 3.58. The summed E-state index contributed by atoms with van der Waals surface area (Å²) in [5, 5.41) is 0. The molecule has 2 rings (SSSR count). The van der Waals surface area contributed by atoms with Crippen LogP contribution in [-0.2, 0) is 4.79 Å². The van der Waals surface area contributed by atoms with Crippen LogP contribution in [0.25, 0.3) is 0 Å². The summed E-state index contributed by atoms with van der Waals surface area (Å²) in [6, 6.07) is 0. The first-order valence-corrected chi connectivity index (χ1v) is 4.97. The van der Waals surface area contributed by atoms with E-state index < -0.39 is 0 Å². The number of ketones is 1. The predicted octanol–water partition coefficient (Wildman–Crippen LogP) is 2.71. The summed E-state index contributed by atoms with van der Waals surface area (Å²) in [6.07, 6.45) is 9.70. The van der Waals surface area contributed by atoms with Crippen molar-refractivity contribution in [2.24, 2.45) is 11.3 Å². The second kappa shape index (κ2) is 2.72. The molecule has 0 bridgehead atoms. The summed E-state index contributed by atoms with van der Waals surface area (Å²) in [6.45, 7) is 2.23. The molecular weight excluding hydrogens is 148 g/mol. The van der Waals surface area contributed by atoms with Gasteiger partial charge in [-0.1, -0.05) is 19.1 Å². The molecule has 12 heavy (non-hydrogen) atoms. The minimum Gasteiger partial charge on any atom is -0.299 e. The molecule has 1 spiro atoms. The molecule has 0 aromatic rings. The van der Waals surface area contributed by atoms with Crippen LogP contribution in [-0.4, -0.2) is 5.78 Å². The van der Waals surface area contributed by atoms with Gasteiger partial charge in [-0.05, 0) is 31.6 Å². The molecule has 0 N–H and O–H groups in total. The zero-order valence-electron chi connectivity index (χ0n) is 7.68. The van der Waals surface area contributed by atoms with Crippen LogP contribution < -0.4 is 0 Å². The van der Waals surface area contributed by atoms with Crippen molar-refractivity contribution < 1.29 is 4.79 Å². The van der Waals surface area contributed by atoms with Crippen molar-refractivity contribution in [3.8, 4) is 0 Å². The van der Waals surface area contributed by atoms with Crippen LogP contribution in [0.15, 0.2) is 12.2 Å². The minimum atomic E-state index is -0.0295. The van der Waals surface area contributed by atoms with Gasteiger partial charge < -0.3 is 0 Å². The lowest BCUT2D eigenvalue weighted by Gasteiger charge is -2.36. The molecule has 0 heterocycles. The quantitative estimate of drug-likeness (QED) is 0.503. The lowest BCUT2D eigenvalue weighted by molar-refractivity contribution is -0.131. The fourth-order valence-corrected chi connectivity index (χ4v) is 2.68. The summed E-state index contributed by atoms with van der Waals surface area (Å²) in [5.41, 5.74) is -0.0295. The Balaban J connectivity index is 2.29. The molecule has 2 unspecified atom stereocenters. The normalized spacial score (nSPS) is 41.1. The average Bonchev–Trinajstić information content (AvgIpc) is 2.50. The average molecular weight is 164 g/mol. The van der Waals surface area contributed by atoms with Gasteiger partial charge in [0, 0.05) is 11.8 Å². The van der Waals surface area contributed by atoms with Gasteiger partial charge in [0.2, 0.25) is 0 Å². The number of allylic oxidation sites excluding steroid dienone is 2. The Morgan fingerprint density at radius 1 is 1.58 bits per heavy atom. The number of rotatable bonds is 0. The highest BCUT2D eigenvalue weighted by atomic mass is 16.1. The van der Waals surface area contributed by atoms with E-state index in [1.165, 1.54) is 6.42 Å². The maximum atomic E-state index is 11.8. The van der Waals surface area contributed by atoms with Gasteiger partial charge in [-0.2, -0.15) is 0 Å². The first-order chi connectivity index (χ1) is 5.76. The van der Waals surface area contributed by atoms with Gasteiger partial charge in [0.1, 0.15) is 5.78 Å². The Morgan fingerprint density at radius 2 is 2.42 bits per heavy atom. The molecule has 1 heteroatoms. The molecule has 0 aromatic heterocycles. The standard InChI is InChI=1S/C11H16O/c1-9-5-4-6-10(12)11(9)7-2-3-8-11/h2,7,9H,3-6,8H2,1H3. The van der Waals surface area contributed by atoms with E-state index in [1.54, 1.807) is 0 Å². The van der Waals surface area contributed by atoms with E-state index in [0.29, 0.717) is 11.7 Å². The molecule has 0 radical (unpaired) electrons. The van der Waals surface area contributed by atoms with Crippen LogP contribution in [0.3, 0.4) is 0 Å². The summed E-state index contributed by atoms with van der Waals surface area (Å²) in [5.74, 6) is 1.08. The zero-order valence-corrected chi connectivity index (χ0v) is 7.68. The molecule has 1 fully saturated rings. The minimum absolute atomic E-state index is 0.0295. The Bertz CT molecular complexity index is 229. The topological polar surface area (TPSA) is 17.1 Å². The maximum Gasteiger partial charge on any atom is 0.143 e. The Labute approximate surface area is 73.8 Å². The first-order valence-electron chi connectivity index (χ1n) is 4.97. The molecule has 2 aliphatic carbocycles. The fraction of sp³-hybridized carbons (Fsp3) is 0.727. The van der Waals surface area contributed by atoms with E-state index in [9.17, 15) is 4.79 Å². The lowest BCUT2D eigenvalue weighted by atomic mass is 9.66. The maximum absolute atomic E-state index is 11.8.